The summed E-state index contributed by atoms with van der Waals surface area (Å²) in [6.07, 6.45) is 24.0. The Labute approximate surface area is 417 Å². The second kappa shape index (κ2) is 24.5. The highest BCUT2D eigenvalue weighted by atomic mass is 32.1. The Kier molecular flexibility index (Phi) is 18.1. The second-order valence-electron chi connectivity index (χ2n) is 18.7. The summed E-state index contributed by atoms with van der Waals surface area (Å²) in [6.45, 7) is 16.0. The van der Waals surface area contributed by atoms with E-state index in [4.69, 9.17) is 18.7 Å². The summed E-state index contributed by atoms with van der Waals surface area (Å²) in [5, 5.41) is 0. The Bertz CT molecular complexity index is 2730. The topological polar surface area (TPSA) is 54.8 Å². The molecule has 5 heterocycles. The lowest BCUT2D eigenvalue weighted by Gasteiger charge is -2.25. The predicted octanol–water partition coefficient (Wildman–Crippen LogP) is 19.1. The molecule has 8 aromatic rings. The van der Waals surface area contributed by atoms with Crippen LogP contribution in [0.3, 0.4) is 0 Å². The molecule has 0 N–H and O–H groups in total. The van der Waals surface area contributed by atoms with Gasteiger partial charge in [0.2, 0.25) is 0 Å². The first kappa shape index (κ1) is 49.4. The van der Waals surface area contributed by atoms with Crippen molar-refractivity contribution in [2.24, 2.45) is 5.92 Å². The maximum absolute atomic E-state index is 5.46. The van der Waals surface area contributed by atoms with Gasteiger partial charge in [-0.25, -0.2) is 9.97 Å². The van der Waals surface area contributed by atoms with Gasteiger partial charge in [0.15, 0.2) is 0 Å². The molecular formula is C58H73N5S4. The third-order valence-electron chi connectivity index (χ3n) is 13.8. The van der Waals surface area contributed by atoms with Crippen LogP contribution < -0.4 is 4.90 Å². The SMILES string of the molecule is CCCCCCCCN(CCCCCCCC)c1ccc(-c2ccc(-c3cc4sc(-c5c6nsnc6c(-c6ccc(CC(CC)CCCC)s6)c6nc(CC)c(CC)nc56)cc4s3)cc2)cc1. The summed E-state index contributed by atoms with van der Waals surface area (Å²) in [5.74, 6) is 0.719. The van der Waals surface area contributed by atoms with E-state index in [1.54, 1.807) is 0 Å². The van der Waals surface area contributed by atoms with Crippen LogP contribution in [0, 0.1) is 5.92 Å². The van der Waals surface area contributed by atoms with Crippen LogP contribution in [-0.4, -0.2) is 31.8 Å². The number of aromatic nitrogens is 4. The third kappa shape index (κ3) is 11.9. The molecule has 0 bridgehead atoms. The highest BCUT2D eigenvalue weighted by Gasteiger charge is 2.26. The van der Waals surface area contributed by atoms with Gasteiger partial charge in [0, 0.05) is 58.8 Å². The number of rotatable bonds is 27. The molecule has 0 aliphatic heterocycles. The van der Waals surface area contributed by atoms with Crippen LogP contribution in [0.2, 0.25) is 0 Å². The van der Waals surface area contributed by atoms with E-state index in [2.05, 4.69) is 119 Å². The summed E-state index contributed by atoms with van der Waals surface area (Å²) in [4.78, 5) is 18.7. The van der Waals surface area contributed by atoms with Gasteiger partial charge in [-0.2, -0.15) is 8.75 Å². The van der Waals surface area contributed by atoms with Crippen molar-refractivity contribution in [2.75, 3.05) is 18.0 Å². The van der Waals surface area contributed by atoms with Gasteiger partial charge in [-0.05, 0) is 91.1 Å². The van der Waals surface area contributed by atoms with Crippen molar-refractivity contribution in [1.29, 1.82) is 0 Å². The van der Waals surface area contributed by atoms with E-state index in [9.17, 15) is 0 Å². The number of anilines is 1. The van der Waals surface area contributed by atoms with E-state index in [0.717, 1.165) is 82.9 Å². The van der Waals surface area contributed by atoms with Gasteiger partial charge in [-0.3, -0.25) is 0 Å². The molecule has 8 rings (SSSR count). The Morgan fingerprint density at radius 2 is 0.985 bits per heavy atom. The van der Waals surface area contributed by atoms with Crippen molar-refractivity contribution >= 4 is 82.9 Å². The van der Waals surface area contributed by atoms with Gasteiger partial charge >= 0.3 is 0 Å². The van der Waals surface area contributed by atoms with Crippen LogP contribution in [0.15, 0.2) is 72.8 Å². The van der Waals surface area contributed by atoms with Gasteiger partial charge in [-0.1, -0.05) is 168 Å². The molecule has 0 aliphatic carbocycles. The Morgan fingerprint density at radius 3 is 1.55 bits per heavy atom. The molecule has 0 fully saturated rings. The zero-order chi connectivity index (χ0) is 46.5. The quantitative estimate of drug-likeness (QED) is 0.0481. The fourth-order valence-corrected chi connectivity index (χ4v) is 14.0. The number of hydrogen-bond acceptors (Lipinski definition) is 9. The first-order valence-electron chi connectivity index (χ1n) is 26.0. The van der Waals surface area contributed by atoms with E-state index in [1.165, 1.54) is 166 Å². The monoisotopic (exact) mass is 967 g/mol. The van der Waals surface area contributed by atoms with E-state index < -0.39 is 0 Å². The van der Waals surface area contributed by atoms with E-state index in [-0.39, 0.29) is 0 Å². The summed E-state index contributed by atoms with van der Waals surface area (Å²) >= 11 is 6.93. The summed E-state index contributed by atoms with van der Waals surface area (Å²) < 4.78 is 12.6. The molecule has 354 valence electrons. The van der Waals surface area contributed by atoms with Gasteiger partial charge < -0.3 is 4.90 Å². The molecule has 5 nitrogen and oxygen atoms in total. The average molecular weight is 969 g/mol. The van der Waals surface area contributed by atoms with Crippen molar-refractivity contribution in [1.82, 2.24) is 18.7 Å². The zero-order valence-corrected chi connectivity index (χ0v) is 44.5. The standard InChI is InChI=1S/C58H73N5S4/c1-7-13-16-18-20-22-35-63(36-23-21-19-17-14-8-2)44-31-29-42(30-32-44)41-25-27-43(28-26-41)49-38-50-51(65-49)39-52(66-50)54-56-55(59-46(11-5)47(12-6)60-56)53(57-58(54)62-67-61-57)48-34-33-45(64-48)37-40(10-4)24-15-9-3/h25-34,38-40H,7-24,35-37H2,1-6H3. The molecule has 67 heavy (non-hydrogen) atoms. The van der Waals surface area contributed by atoms with Crippen LogP contribution >= 0.6 is 45.7 Å². The van der Waals surface area contributed by atoms with Crippen LogP contribution in [0.1, 0.15) is 161 Å². The first-order valence-corrected chi connectivity index (χ1v) is 29.2. The van der Waals surface area contributed by atoms with Gasteiger partial charge in [0.25, 0.3) is 0 Å². The molecule has 0 aliphatic rings. The van der Waals surface area contributed by atoms with Crippen molar-refractivity contribution in [3.63, 3.8) is 0 Å². The largest absolute Gasteiger partial charge is 0.372 e. The lowest BCUT2D eigenvalue weighted by molar-refractivity contribution is 0.452. The van der Waals surface area contributed by atoms with Crippen molar-refractivity contribution < 1.29 is 0 Å². The molecule has 0 spiro atoms. The average Bonchev–Trinajstić information content (AvgIpc) is 4.19. The van der Waals surface area contributed by atoms with Crippen molar-refractivity contribution in [3.8, 4) is 42.4 Å². The number of benzene rings is 3. The predicted molar refractivity (Wildman–Crippen MR) is 298 cm³/mol. The molecule has 3 aromatic carbocycles. The third-order valence-corrected chi connectivity index (χ3v) is 17.9. The smallest absolute Gasteiger partial charge is 0.116 e. The minimum Gasteiger partial charge on any atom is -0.372 e. The lowest BCUT2D eigenvalue weighted by atomic mass is 9.95. The number of fused-ring (bicyclic) bond motifs is 3. The number of nitrogens with zero attached hydrogens (tertiary/aromatic N) is 5. The van der Waals surface area contributed by atoms with E-state index >= 15 is 0 Å². The van der Waals surface area contributed by atoms with Gasteiger partial charge in [0.05, 0.1) is 23.1 Å². The molecule has 0 saturated carbocycles. The fourth-order valence-electron chi connectivity index (χ4n) is 9.81. The van der Waals surface area contributed by atoms with Crippen LogP contribution in [0.25, 0.3) is 73.9 Å². The molecule has 1 unspecified atom stereocenters. The van der Waals surface area contributed by atoms with E-state index in [0.29, 0.717) is 0 Å². The molecule has 1 atom stereocenters. The Balaban J connectivity index is 1.03. The fraction of sp³-hybridized carbons (Fsp3) is 0.483. The maximum Gasteiger partial charge on any atom is 0.116 e. The Morgan fingerprint density at radius 1 is 0.478 bits per heavy atom. The first-order chi connectivity index (χ1) is 33.0. The molecular weight excluding hydrogens is 895 g/mol. The summed E-state index contributed by atoms with van der Waals surface area (Å²) in [5.41, 5.74) is 13.3. The molecule has 0 saturated heterocycles. The number of unbranched alkanes of at least 4 members (excludes halogenated alkanes) is 11. The minimum atomic E-state index is 0.719. The Hall–Kier alpha value is -4.02. The van der Waals surface area contributed by atoms with Crippen LogP contribution in [0.5, 0.6) is 0 Å². The summed E-state index contributed by atoms with van der Waals surface area (Å²) in [6, 6.07) is 28.0. The molecule has 0 radical (unpaired) electrons. The number of thiophene rings is 3. The second-order valence-corrected chi connectivity index (χ2v) is 22.6. The van der Waals surface area contributed by atoms with Crippen molar-refractivity contribution in [2.45, 2.75) is 164 Å². The highest BCUT2D eigenvalue weighted by Crippen LogP contribution is 2.48. The molecule has 0 amide bonds. The van der Waals surface area contributed by atoms with Crippen LogP contribution in [0.4, 0.5) is 5.69 Å². The molecule has 9 heteroatoms. The van der Waals surface area contributed by atoms with Gasteiger partial charge in [-0.15, -0.1) is 34.0 Å². The highest BCUT2D eigenvalue weighted by molar-refractivity contribution is 7.31. The van der Waals surface area contributed by atoms with E-state index in [1.807, 2.05) is 34.0 Å². The minimum absolute atomic E-state index is 0.719. The van der Waals surface area contributed by atoms with Crippen LogP contribution in [-0.2, 0) is 19.3 Å². The normalized spacial score (nSPS) is 12.3. The van der Waals surface area contributed by atoms with Gasteiger partial charge in [0.1, 0.15) is 22.1 Å². The zero-order valence-electron chi connectivity index (χ0n) is 41.2. The maximum atomic E-state index is 5.46. The number of aryl methyl sites for hydroxylation is 2. The summed E-state index contributed by atoms with van der Waals surface area (Å²) in [7, 11) is 0. The lowest BCUT2D eigenvalue weighted by Crippen LogP contribution is -2.25. The van der Waals surface area contributed by atoms with Crippen molar-refractivity contribution in [3.05, 3.63) is 89.1 Å². The molecule has 5 aromatic heterocycles. The number of hydrogen-bond donors (Lipinski definition) is 0.